The predicted molar refractivity (Wildman–Crippen MR) is 47.8 cm³/mol. The molecule has 1 unspecified atom stereocenters. The van der Waals surface area contributed by atoms with E-state index in [1.54, 1.807) is 0 Å². The zero-order valence-electron chi connectivity index (χ0n) is 8.23. The minimum Gasteiger partial charge on any atom is -0.198 e. The Kier molecular flexibility index (Phi) is 38.4. The van der Waals surface area contributed by atoms with Crippen LogP contribution in [0.3, 0.4) is 0 Å². The molecule has 0 aromatic rings. The second kappa shape index (κ2) is 23.6. The quantitative estimate of drug-likeness (QED) is 0.550. The van der Waals surface area contributed by atoms with Gasteiger partial charge in [-0.05, 0) is 13.3 Å². The number of nitrogens with zero attached hydrogens (tertiary/aromatic N) is 1. The Labute approximate surface area is 66.1 Å². The average Bonchev–Trinajstić information content (AvgIpc) is 2.10. The molecule has 10 heavy (non-hydrogen) atoms. The van der Waals surface area contributed by atoms with E-state index < -0.39 is 0 Å². The fourth-order valence-corrected chi connectivity index (χ4v) is 0.0913. The van der Waals surface area contributed by atoms with Crippen molar-refractivity contribution in [1.82, 2.24) is 0 Å². The first-order valence-electron chi connectivity index (χ1n) is 4.20. The van der Waals surface area contributed by atoms with Crippen molar-refractivity contribution < 1.29 is 0 Å². The predicted octanol–water partition coefficient (Wildman–Crippen LogP) is 3.61. The van der Waals surface area contributed by atoms with E-state index >= 15 is 0 Å². The molecule has 0 aromatic carbocycles. The van der Waals surface area contributed by atoms with Gasteiger partial charge < -0.3 is 0 Å². The monoisotopic (exact) mass is 143 g/mol. The van der Waals surface area contributed by atoms with Gasteiger partial charge in [0.1, 0.15) is 0 Å². The third-order valence-electron chi connectivity index (χ3n) is 0.833. The second-order valence-corrected chi connectivity index (χ2v) is 1.44. The molecule has 0 heterocycles. The van der Waals surface area contributed by atoms with Gasteiger partial charge in [-0.15, -0.1) is 0 Å². The zero-order chi connectivity index (χ0) is 8.99. The molecule has 0 N–H and O–H groups in total. The molecular formula is C9H21N. The van der Waals surface area contributed by atoms with Gasteiger partial charge in [-0.1, -0.05) is 34.6 Å². The molecule has 0 aromatic heterocycles. The number of hydrogen-bond acceptors (Lipinski definition) is 1. The first-order valence-corrected chi connectivity index (χ1v) is 4.20. The van der Waals surface area contributed by atoms with Gasteiger partial charge >= 0.3 is 0 Å². The SMILES string of the molecule is CC.CC.CCC(C)C#N. The van der Waals surface area contributed by atoms with Gasteiger partial charge in [-0.3, -0.25) is 0 Å². The molecule has 1 atom stereocenters. The highest BCUT2D eigenvalue weighted by Crippen LogP contribution is 1.94. The van der Waals surface area contributed by atoms with Gasteiger partial charge in [0.25, 0.3) is 0 Å². The van der Waals surface area contributed by atoms with Crippen molar-refractivity contribution in [2.75, 3.05) is 0 Å². The first kappa shape index (κ1) is 16.2. The van der Waals surface area contributed by atoms with Crippen molar-refractivity contribution in [2.24, 2.45) is 5.92 Å². The molecule has 62 valence electrons. The first-order chi connectivity index (χ1) is 4.81. The van der Waals surface area contributed by atoms with Gasteiger partial charge in [0.05, 0.1) is 6.07 Å². The summed E-state index contributed by atoms with van der Waals surface area (Å²) in [4.78, 5) is 0. The lowest BCUT2D eigenvalue weighted by Crippen LogP contribution is -1.81. The minimum atomic E-state index is 0.241. The van der Waals surface area contributed by atoms with Gasteiger partial charge in [-0.2, -0.15) is 5.26 Å². The second-order valence-electron chi connectivity index (χ2n) is 1.44. The minimum absolute atomic E-state index is 0.241. The van der Waals surface area contributed by atoms with Crippen LogP contribution in [-0.2, 0) is 0 Å². The number of nitriles is 1. The summed E-state index contributed by atoms with van der Waals surface area (Å²) in [7, 11) is 0. The van der Waals surface area contributed by atoms with E-state index in [-0.39, 0.29) is 5.92 Å². The summed E-state index contributed by atoms with van der Waals surface area (Å²) in [5, 5.41) is 8.08. The van der Waals surface area contributed by atoms with Crippen molar-refractivity contribution in [2.45, 2.75) is 48.0 Å². The molecule has 1 heteroatoms. The standard InChI is InChI=1S/C5H9N.2C2H6/c1-3-5(2)4-6;2*1-2/h5H,3H2,1-2H3;2*1-2H3. The Morgan fingerprint density at radius 3 is 1.50 bits per heavy atom. The molecule has 0 radical (unpaired) electrons. The largest absolute Gasteiger partial charge is 0.198 e. The van der Waals surface area contributed by atoms with Crippen molar-refractivity contribution >= 4 is 0 Å². The summed E-state index contributed by atoms with van der Waals surface area (Å²) < 4.78 is 0. The molecule has 1 nitrogen and oxygen atoms in total. The van der Waals surface area contributed by atoms with E-state index in [2.05, 4.69) is 6.07 Å². The molecule has 0 aliphatic rings. The molecule has 0 spiro atoms. The molecule has 0 aliphatic carbocycles. The maximum absolute atomic E-state index is 8.08. The summed E-state index contributed by atoms with van der Waals surface area (Å²) >= 11 is 0. The topological polar surface area (TPSA) is 23.8 Å². The highest BCUT2D eigenvalue weighted by molar-refractivity contribution is 4.76. The Morgan fingerprint density at radius 1 is 1.20 bits per heavy atom. The Hall–Kier alpha value is -0.510. The van der Waals surface area contributed by atoms with Crippen LogP contribution in [0.15, 0.2) is 0 Å². The van der Waals surface area contributed by atoms with Gasteiger partial charge in [-0.25, -0.2) is 0 Å². The summed E-state index contributed by atoms with van der Waals surface area (Å²) in [6.07, 6.45) is 0.969. The summed E-state index contributed by atoms with van der Waals surface area (Å²) in [6.45, 7) is 11.9. The molecule has 0 saturated heterocycles. The highest BCUT2D eigenvalue weighted by Gasteiger charge is 1.88. The van der Waals surface area contributed by atoms with Gasteiger partial charge in [0, 0.05) is 5.92 Å². The molecule has 0 bridgehead atoms. The van der Waals surface area contributed by atoms with Gasteiger partial charge in [0.15, 0.2) is 0 Å². The van der Waals surface area contributed by atoms with E-state index in [9.17, 15) is 0 Å². The third-order valence-corrected chi connectivity index (χ3v) is 0.833. The van der Waals surface area contributed by atoms with Crippen LogP contribution in [0.4, 0.5) is 0 Å². The number of hydrogen-bond donors (Lipinski definition) is 0. The van der Waals surface area contributed by atoms with Crippen molar-refractivity contribution in [3.05, 3.63) is 0 Å². The molecule has 0 saturated carbocycles. The lowest BCUT2D eigenvalue weighted by atomic mass is 10.2. The smallest absolute Gasteiger partial charge is 0.0652 e. The maximum Gasteiger partial charge on any atom is 0.0652 e. The van der Waals surface area contributed by atoms with Crippen LogP contribution in [0.1, 0.15) is 48.0 Å². The Bertz CT molecular complexity index is 61.6. The van der Waals surface area contributed by atoms with Crippen LogP contribution in [0.2, 0.25) is 0 Å². The van der Waals surface area contributed by atoms with Crippen molar-refractivity contribution in [1.29, 1.82) is 5.26 Å². The van der Waals surface area contributed by atoms with Gasteiger partial charge in [0.2, 0.25) is 0 Å². The fourth-order valence-electron chi connectivity index (χ4n) is 0.0913. The summed E-state index contributed by atoms with van der Waals surface area (Å²) in [6, 6.07) is 2.11. The van der Waals surface area contributed by atoms with Crippen LogP contribution >= 0.6 is 0 Å². The lowest BCUT2D eigenvalue weighted by Gasteiger charge is -1.87. The number of rotatable bonds is 1. The van der Waals surface area contributed by atoms with E-state index in [0.29, 0.717) is 0 Å². The normalized spacial score (nSPS) is 8.90. The summed E-state index contributed by atoms with van der Waals surface area (Å²) in [5.41, 5.74) is 0. The average molecular weight is 143 g/mol. The van der Waals surface area contributed by atoms with Crippen molar-refractivity contribution in [3.8, 4) is 6.07 Å². The van der Waals surface area contributed by atoms with Crippen LogP contribution < -0.4 is 0 Å². The van der Waals surface area contributed by atoms with E-state index in [4.69, 9.17) is 5.26 Å². The third kappa shape index (κ3) is 25.9. The highest BCUT2D eigenvalue weighted by atomic mass is 14.2. The Morgan fingerprint density at radius 2 is 1.50 bits per heavy atom. The molecule has 0 rings (SSSR count). The molecule has 0 amide bonds. The van der Waals surface area contributed by atoms with Crippen LogP contribution in [-0.4, -0.2) is 0 Å². The van der Waals surface area contributed by atoms with Crippen LogP contribution in [0.5, 0.6) is 0 Å². The molecule has 0 aliphatic heterocycles. The lowest BCUT2D eigenvalue weighted by molar-refractivity contribution is 0.713. The zero-order valence-corrected chi connectivity index (χ0v) is 8.23. The van der Waals surface area contributed by atoms with Crippen molar-refractivity contribution in [3.63, 3.8) is 0 Å². The molecular weight excluding hydrogens is 122 g/mol. The molecule has 0 fully saturated rings. The Balaban J connectivity index is -0.000000105. The maximum atomic E-state index is 8.08. The van der Waals surface area contributed by atoms with Crippen LogP contribution in [0, 0.1) is 17.2 Å². The fraction of sp³-hybridized carbons (Fsp3) is 0.889. The van der Waals surface area contributed by atoms with E-state index in [1.165, 1.54) is 0 Å². The van der Waals surface area contributed by atoms with E-state index in [0.717, 1.165) is 6.42 Å². The van der Waals surface area contributed by atoms with Crippen LogP contribution in [0.25, 0.3) is 0 Å². The van der Waals surface area contributed by atoms with E-state index in [1.807, 2.05) is 41.5 Å². The summed E-state index contributed by atoms with van der Waals surface area (Å²) in [5.74, 6) is 0.241.